The van der Waals surface area contributed by atoms with Gasteiger partial charge in [0.05, 0.1) is 12.7 Å². The summed E-state index contributed by atoms with van der Waals surface area (Å²) in [6, 6.07) is 0.695. The van der Waals surface area contributed by atoms with E-state index < -0.39 is 17.8 Å². The van der Waals surface area contributed by atoms with Gasteiger partial charge in [0.25, 0.3) is 6.43 Å². The molecule has 0 aromatic carbocycles. The fraction of sp³-hybridized carbons (Fsp3) is 0.286. The molecular formula is C7H5BrF3NO. The van der Waals surface area contributed by atoms with Crippen molar-refractivity contribution < 1.29 is 17.9 Å². The van der Waals surface area contributed by atoms with Gasteiger partial charge in [0.15, 0.2) is 5.82 Å². The second kappa shape index (κ2) is 3.95. The zero-order chi connectivity index (χ0) is 10.0. The smallest absolute Gasteiger partial charge is 0.269 e. The number of hydrogen-bond donors (Lipinski definition) is 0. The molecule has 1 aromatic rings. The largest absolute Gasteiger partial charge is 0.481 e. The Balaban J connectivity index is 3.25. The first-order valence-electron chi connectivity index (χ1n) is 3.24. The summed E-state index contributed by atoms with van der Waals surface area (Å²) in [6.45, 7) is 0. The summed E-state index contributed by atoms with van der Waals surface area (Å²) in [6.07, 6.45) is -2.80. The van der Waals surface area contributed by atoms with Crippen molar-refractivity contribution in [3.8, 4) is 5.88 Å². The van der Waals surface area contributed by atoms with E-state index in [9.17, 15) is 13.2 Å². The van der Waals surface area contributed by atoms with Gasteiger partial charge in [0.2, 0.25) is 5.88 Å². The van der Waals surface area contributed by atoms with Gasteiger partial charge in [-0.1, -0.05) is 0 Å². The van der Waals surface area contributed by atoms with Gasteiger partial charge in [-0.25, -0.2) is 18.2 Å². The number of alkyl halides is 2. The molecule has 0 saturated heterocycles. The summed E-state index contributed by atoms with van der Waals surface area (Å²) in [7, 11) is 1.19. The molecule has 0 atom stereocenters. The number of hydrogen-bond acceptors (Lipinski definition) is 2. The number of pyridine rings is 1. The van der Waals surface area contributed by atoms with Crippen molar-refractivity contribution in [2.75, 3.05) is 7.11 Å². The predicted octanol–water partition coefficient (Wildman–Crippen LogP) is 2.93. The lowest BCUT2D eigenvalue weighted by atomic mass is 10.3. The van der Waals surface area contributed by atoms with Gasteiger partial charge in [-0.3, -0.25) is 0 Å². The van der Waals surface area contributed by atoms with Crippen molar-refractivity contribution in [2.24, 2.45) is 0 Å². The van der Waals surface area contributed by atoms with E-state index in [2.05, 4.69) is 25.7 Å². The summed E-state index contributed by atoms with van der Waals surface area (Å²) in [5.41, 5.74) is -0.553. The van der Waals surface area contributed by atoms with E-state index in [0.29, 0.717) is 6.07 Å². The first-order valence-corrected chi connectivity index (χ1v) is 4.03. The molecule has 0 fully saturated rings. The van der Waals surface area contributed by atoms with Crippen LogP contribution in [0.5, 0.6) is 5.88 Å². The molecule has 13 heavy (non-hydrogen) atoms. The topological polar surface area (TPSA) is 22.1 Å². The summed E-state index contributed by atoms with van der Waals surface area (Å²) in [4.78, 5) is 3.45. The van der Waals surface area contributed by atoms with Crippen LogP contribution in [0.25, 0.3) is 0 Å². The lowest BCUT2D eigenvalue weighted by Gasteiger charge is -2.06. The molecule has 0 amide bonds. The van der Waals surface area contributed by atoms with Crippen molar-refractivity contribution in [1.82, 2.24) is 4.98 Å². The van der Waals surface area contributed by atoms with Crippen LogP contribution in [-0.4, -0.2) is 12.1 Å². The molecular weight excluding hydrogens is 251 g/mol. The minimum absolute atomic E-state index is 0.145. The molecule has 6 heteroatoms. The fourth-order valence-corrected chi connectivity index (χ4v) is 1.06. The lowest BCUT2D eigenvalue weighted by molar-refractivity contribution is 0.145. The van der Waals surface area contributed by atoms with Gasteiger partial charge < -0.3 is 4.74 Å². The molecule has 0 spiro atoms. The predicted molar refractivity (Wildman–Crippen MR) is 43.4 cm³/mol. The molecule has 1 rings (SSSR count). The van der Waals surface area contributed by atoms with Crippen molar-refractivity contribution in [2.45, 2.75) is 6.43 Å². The lowest BCUT2D eigenvalue weighted by Crippen LogP contribution is -1.98. The highest BCUT2D eigenvalue weighted by molar-refractivity contribution is 9.10. The summed E-state index contributed by atoms with van der Waals surface area (Å²) >= 11 is 2.76. The van der Waals surface area contributed by atoms with Gasteiger partial charge in [-0.05, 0) is 22.0 Å². The molecule has 0 unspecified atom stereocenters. The number of aromatic nitrogens is 1. The third-order valence-electron chi connectivity index (χ3n) is 1.35. The maximum Gasteiger partial charge on any atom is 0.269 e. The average Bonchev–Trinajstić information content (AvgIpc) is 2.08. The number of rotatable bonds is 2. The van der Waals surface area contributed by atoms with E-state index in [1.54, 1.807) is 0 Å². The number of methoxy groups -OCH3 is 1. The second-order valence-corrected chi connectivity index (χ2v) is 2.91. The minimum Gasteiger partial charge on any atom is -0.481 e. The molecule has 2 nitrogen and oxygen atoms in total. The normalized spacial score (nSPS) is 10.6. The maximum atomic E-state index is 12.8. The van der Waals surface area contributed by atoms with Gasteiger partial charge >= 0.3 is 0 Å². The molecule has 0 aliphatic carbocycles. The Hall–Kier alpha value is -0.780. The Bertz CT molecular complexity index is 319. The van der Waals surface area contributed by atoms with Crippen LogP contribution in [0.1, 0.15) is 12.0 Å². The van der Waals surface area contributed by atoms with Gasteiger partial charge in [-0.2, -0.15) is 0 Å². The highest BCUT2D eigenvalue weighted by Crippen LogP contribution is 2.30. The number of halogens is 4. The highest BCUT2D eigenvalue weighted by atomic mass is 79.9. The number of nitrogens with zero attached hydrogens (tertiary/aromatic N) is 1. The van der Waals surface area contributed by atoms with Crippen LogP contribution in [0.4, 0.5) is 13.2 Å². The molecule has 0 aliphatic heterocycles. The SMILES string of the molecule is COc1nc(Br)c(F)cc1C(F)F. The van der Waals surface area contributed by atoms with Gasteiger partial charge in [0, 0.05) is 0 Å². The molecule has 1 aromatic heterocycles. The van der Waals surface area contributed by atoms with E-state index in [-0.39, 0.29) is 10.5 Å². The van der Waals surface area contributed by atoms with Crippen LogP contribution in [-0.2, 0) is 0 Å². The quantitative estimate of drug-likeness (QED) is 0.759. The Labute approximate surface area is 80.9 Å². The van der Waals surface area contributed by atoms with E-state index in [1.165, 1.54) is 7.11 Å². The first-order chi connectivity index (χ1) is 6.06. The molecule has 72 valence electrons. The average molecular weight is 256 g/mol. The van der Waals surface area contributed by atoms with Crippen molar-refractivity contribution >= 4 is 15.9 Å². The molecule has 0 radical (unpaired) electrons. The molecule has 0 bridgehead atoms. The Kier molecular flexibility index (Phi) is 3.13. The zero-order valence-electron chi connectivity index (χ0n) is 6.52. The standard InChI is InChI=1S/C7H5BrF3NO/c1-13-7-3(6(10)11)2-4(9)5(8)12-7/h2,6H,1H3. The van der Waals surface area contributed by atoms with E-state index >= 15 is 0 Å². The van der Waals surface area contributed by atoms with E-state index in [0.717, 1.165) is 0 Å². The zero-order valence-corrected chi connectivity index (χ0v) is 8.11. The van der Waals surface area contributed by atoms with Crippen LogP contribution >= 0.6 is 15.9 Å². The van der Waals surface area contributed by atoms with Crippen LogP contribution in [0.3, 0.4) is 0 Å². The fourth-order valence-electron chi connectivity index (χ4n) is 0.785. The monoisotopic (exact) mass is 255 g/mol. The van der Waals surface area contributed by atoms with Crippen LogP contribution in [0, 0.1) is 5.82 Å². The Morgan fingerprint density at radius 2 is 2.15 bits per heavy atom. The van der Waals surface area contributed by atoms with Crippen molar-refractivity contribution in [3.05, 3.63) is 22.1 Å². The van der Waals surface area contributed by atoms with E-state index in [1.807, 2.05) is 0 Å². The summed E-state index contributed by atoms with van der Waals surface area (Å²) in [5, 5.41) is 0. The van der Waals surface area contributed by atoms with Crippen LogP contribution in [0.2, 0.25) is 0 Å². The Morgan fingerprint density at radius 3 is 2.62 bits per heavy atom. The molecule has 0 aliphatic rings. The maximum absolute atomic E-state index is 12.8. The van der Waals surface area contributed by atoms with Crippen LogP contribution < -0.4 is 4.74 Å². The molecule has 1 heterocycles. The molecule has 0 saturated carbocycles. The second-order valence-electron chi connectivity index (χ2n) is 2.16. The van der Waals surface area contributed by atoms with Crippen molar-refractivity contribution in [3.63, 3.8) is 0 Å². The summed E-state index contributed by atoms with van der Waals surface area (Å²) < 4.78 is 41.6. The number of ether oxygens (including phenoxy) is 1. The minimum atomic E-state index is -2.80. The van der Waals surface area contributed by atoms with E-state index in [4.69, 9.17) is 0 Å². The summed E-state index contributed by atoms with van der Waals surface area (Å²) in [5.74, 6) is -1.11. The first kappa shape index (κ1) is 10.3. The van der Waals surface area contributed by atoms with Crippen molar-refractivity contribution in [1.29, 1.82) is 0 Å². The Morgan fingerprint density at radius 1 is 1.54 bits per heavy atom. The molecule has 0 N–H and O–H groups in total. The van der Waals surface area contributed by atoms with Gasteiger partial charge in [-0.15, -0.1) is 0 Å². The highest BCUT2D eigenvalue weighted by Gasteiger charge is 2.18. The third kappa shape index (κ3) is 2.12. The third-order valence-corrected chi connectivity index (χ3v) is 1.91. The van der Waals surface area contributed by atoms with Crippen LogP contribution in [0.15, 0.2) is 10.7 Å². The van der Waals surface area contributed by atoms with Gasteiger partial charge in [0.1, 0.15) is 4.60 Å².